The third-order valence-corrected chi connectivity index (χ3v) is 3.07. The Labute approximate surface area is 102 Å². The van der Waals surface area contributed by atoms with Crippen LogP contribution in [0.3, 0.4) is 0 Å². The first-order chi connectivity index (χ1) is 8.16. The summed E-state index contributed by atoms with van der Waals surface area (Å²) in [6, 6.07) is 8.09. The van der Waals surface area contributed by atoms with Crippen LogP contribution in [0.2, 0.25) is 0 Å². The van der Waals surface area contributed by atoms with Gasteiger partial charge in [0.05, 0.1) is 6.04 Å². The average molecular weight is 255 g/mol. The maximum absolute atomic E-state index is 12.0. The number of nitrogens with two attached hydrogens (primary N) is 1. The second-order valence-electron chi connectivity index (χ2n) is 3.48. The van der Waals surface area contributed by atoms with Crippen LogP contribution in [0.1, 0.15) is 17.2 Å². The van der Waals surface area contributed by atoms with Crippen molar-refractivity contribution in [2.24, 2.45) is 5.73 Å². The van der Waals surface area contributed by atoms with Gasteiger partial charge < -0.3 is 10.5 Å². The molecule has 1 atom stereocenters. The van der Waals surface area contributed by atoms with E-state index in [1.165, 1.54) is 12.1 Å². The van der Waals surface area contributed by atoms with Crippen LogP contribution < -0.4 is 10.5 Å². The Hall–Kier alpha value is -1.46. The lowest BCUT2D eigenvalue weighted by Gasteiger charge is -2.11. The molecule has 0 aliphatic carbocycles. The molecule has 2 aromatic rings. The monoisotopic (exact) mass is 255 g/mol. The molecule has 5 heteroatoms. The number of rotatable bonds is 4. The lowest BCUT2D eigenvalue weighted by atomic mass is 10.0. The van der Waals surface area contributed by atoms with Crippen molar-refractivity contribution in [3.63, 3.8) is 0 Å². The topological polar surface area (TPSA) is 35.2 Å². The van der Waals surface area contributed by atoms with E-state index in [1.54, 1.807) is 23.5 Å². The molecule has 2 N–H and O–H groups in total. The number of alkyl halides is 2. The molecule has 0 aliphatic rings. The fourth-order valence-corrected chi connectivity index (χ4v) is 2.20. The summed E-state index contributed by atoms with van der Waals surface area (Å²) in [5, 5.41) is 3.91. The number of halogens is 2. The Kier molecular flexibility index (Phi) is 3.71. The highest BCUT2D eigenvalue weighted by molar-refractivity contribution is 7.08. The van der Waals surface area contributed by atoms with Crippen molar-refractivity contribution in [1.29, 1.82) is 0 Å². The van der Waals surface area contributed by atoms with Crippen LogP contribution in [0.25, 0.3) is 0 Å². The largest absolute Gasteiger partial charge is 0.435 e. The zero-order chi connectivity index (χ0) is 12.3. The van der Waals surface area contributed by atoms with Crippen LogP contribution in [0.15, 0.2) is 41.1 Å². The van der Waals surface area contributed by atoms with Gasteiger partial charge in [-0.25, -0.2) is 0 Å². The molecule has 0 bridgehead atoms. The molecule has 1 aromatic carbocycles. The van der Waals surface area contributed by atoms with Gasteiger partial charge in [-0.1, -0.05) is 12.1 Å². The predicted octanol–water partition coefficient (Wildman–Crippen LogP) is 3.40. The van der Waals surface area contributed by atoms with Gasteiger partial charge in [0.25, 0.3) is 0 Å². The van der Waals surface area contributed by atoms with E-state index in [1.807, 2.05) is 16.8 Å². The molecular formula is C12H11F2NOS. The second-order valence-corrected chi connectivity index (χ2v) is 4.26. The highest BCUT2D eigenvalue weighted by Crippen LogP contribution is 2.24. The summed E-state index contributed by atoms with van der Waals surface area (Å²) >= 11 is 1.57. The van der Waals surface area contributed by atoms with E-state index in [9.17, 15) is 8.78 Å². The average Bonchev–Trinajstić information content (AvgIpc) is 2.82. The van der Waals surface area contributed by atoms with Gasteiger partial charge in [0.2, 0.25) is 0 Å². The highest BCUT2D eigenvalue weighted by atomic mass is 32.1. The van der Waals surface area contributed by atoms with E-state index in [0.717, 1.165) is 11.1 Å². The fraction of sp³-hybridized carbons (Fsp3) is 0.167. The van der Waals surface area contributed by atoms with Gasteiger partial charge in [-0.05, 0) is 40.1 Å². The molecule has 1 heterocycles. The molecule has 0 aliphatic heterocycles. The van der Waals surface area contributed by atoms with Crippen LogP contribution in [0.4, 0.5) is 8.78 Å². The molecule has 0 saturated heterocycles. The normalized spacial score (nSPS) is 12.7. The maximum Gasteiger partial charge on any atom is 0.387 e. The van der Waals surface area contributed by atoms with Crippen molar-refractivity contribution < 1.29 is 13.5 Å². The van der Waals surface area contributed by atoms with Crippen LogP contribution in [-0.4, -0.2) is 6.61 Å². The van der Waals surface area contributed by atoms with E-state index in [4.69, 9.17) is 5.73 Å². The molecular weight excluding hydrogens is 244 g/mol. The molecule has 0 fully saturated rings. The number of benzene rings is 1. The first kappa shape index (κ1) is 12.0. The van der Waals surface area contributed by atoms with E-state index >= 15 is 0 Å². The SMILES string of the molecule is N[C@H](c1ccc(OC(F)F)cc1)c1ccsc1. The first-order valence-electron chi connectivity index (χ1n) is 4.99. The second kappa shape index (κ2) is 5.25. The smallest absolute Gasteiger partial charge is 0.387 e. The van der Waals surface area contributed by atoms with Gasteiger partial charge in [0, 0.05) is 0 Å². The zero-order valence-corrected chi connectivity index (χ0v) is 9.66. The standard InChI is InChI=1S/C12H11F2NOS/c13-12(14)16-10-3-1-8(2-4-10)11(15)9-5-6-17-7-9/h1-7,11-12H,15H2/t11-/m1/s1. The van der Waals surface area contributed by atoms with Gasteiger partial charge in [-0.15, -0.1) is 0 Å². The van der Waals surface area contributed by atoms with E-state index in [-0.39, 0.29) is 11.8 Å². The molecule has 0 amide bonds. The first-order valence-corrected chi connectivity index (χ1v) is 5.93. The molecule has 0 saturated carbocycles. The van der Waals surface area contributed by atoms with Crippen molar-refractivity contribution in [3.05, 3.63) is 52.2 Å². The zero-order valence-electron chi connectivity index (χ0n) is 8.85. The Morgan fingerprint density at radius 1 is 1.06 bits per heavy atom. The molecule has 2 nitrogen and oxygen atoms in total. The number of thiophene rings is 1. The minimum Gasteiger partial charge on any atom is -0.435 e. The van der Waals surface area contributed by atoms with Gasteiger partial charge in [0.15, 0.2) is 0 Å². The summed E-state index contributed by atoms with van der Waals surface area (Å²) in [5.74, 6) is 0.140. The summed E-state index contributed by atoms with van der Waals surface area (Å²) < 4.78 is 28.2. The summed E-state index contributed by atoms with van der Waals surface area (Å²) in [6.45, 7) is -2.80. The summed E-state index contributed by atoms with van der Waals surface area (Å²) in [4.78, 5) is 0. The Bertz CT molecular complexity index is 456. The molecule has 90 valence electrons. The van der Waals surface area contributed by atoms with Crippen molar-refractivity contribution in [1.82, 2.24) is 0 Å². The van der Waals surface area contributed by atoms with Crippen LogP contribution >= 0.6 is 11.3 Å². The van der Waals surface area contributed by atoms with Crippen molar-refractivity contribution in [2.75, 3.05) is 0 Å². The summed E-state index contributed by atoms with van der Waals surface area (Å²) in [5.41, 5.74) is 7.91. The molecule has 17 heavy (non-hydrogen) atoms. The molecule has 1 aromatic heterocycles. The van der Waals surface area contributed by atoms with Gasteiger partial charge >= 0.3 is 6.61 Å². The highest BCUT2D eigenvalue weighted by Gasteiger charge is 2.10. The summed E-state index contributed by atoms with van der Waals surface area (Å²) in [6.07, 6.45) is 0. The third-order valence-electron chi connectivity index (χ3n) is 2.37. The minimum atomic E-state index is -2.80. The number of hydrogen-bond donors (Lipinski definition) is 1. The molecule has 0 radical (unpaired) electrons. The van der Waals surface area contributed by atoms with Crippen molar-refractivity contribution in [3.8, 4) is 5.75 Å². The Morgan fingerprint density at radius 3 is 2.29 bits per heavy atom. The molecule has 0 spiro atoms. The van der Waals surface area contributed by atoms with E-state index in [2.05, 4.69) is 4.74 Å². The van der Waals surface area contributed by atoms with Crippen LogP contribution in [0.5, 0.6) is 5.75 Å². The quantitative estimate of drug-likeness (QED) is 0.908. The van der Waals surface area contributed by atoms with Crippen molar-refractivity contribution >= 4 is 11.3 Å². The number of ether oxygens (including phenoxy) is 1. The third kappa shape index (κ3) is 3.01. The Morgan fingerprint density at radius 2 is 1.76 bits per heavy atom. The van der Waals surface area contributed by atoms with Gasteiger partial charge in [-0.3, -0.25) is 0 Å². The lowest BCUT2D eigenvalue weighted by Crippen LogP contribution is -2.10. The molecule has 2 rings (SSSR count). The van der Waals surface area contributed by atoms with E-state index < -0.39 is 6.61 Å². The number of hydrogen-bond acceptors (Lipinski definition) is 3. The van der Waals surface area contributed by atoms with Gasteiger partial charge in [0.1, 0.15) is 5.75 Å². The van der Waals surface area contributed by atoms with Crippen molar-refractivity contribution in [2.45, 2.75) is 12.7 Å². The summed E-state index contributed by atoms with van der Waals surface area (Å²) in [7, 11) is 0. The van der Waals surface area contributed by atoms with E-state index in [0.29, 0.717) is 0 Å². The molecule has 0 unspecified atom stereocenters. The minimum absolute atomic E-state index is 0.140. The van der Waals surface area contributed by atoms with Crippen LogP contribution in [0, 0.1) is 0 Å². The maximum atomic E-state index is 12.0. The Balaban J connectivity index is 2.12. The lowest BCUT2D eigenvalue weighted by molar-refractivity contribution is -0.0498. The predicted molar refractivity (Wildman–Crippen MR) is 63.4 cm³/mol. The van der Waals surface area contributed by atoms with Gasteiger partial charge in [-0.2, -0.15) is 20.1 Å². The van der Waals surface area contributed by atoms with Crippen LogP contribution in [-0.2, 0) is 0 Å². The fourth-order valence-electron chi connectivity index (χ4n) is 1.50.